The summed E-state index contributed by atoms with van der Waals surface area (Å²) < 4.78 is 16.7. The van der Waals surface area contributed by atoms with Gasteiger partial charge in [0.25, 0.3) is 0 Å². The second-order valence-electron chi connectivity index (χ2n) is 9.70. The molecule has 0 radical (unpaired) electrons. The van der Waals surface area contributed by atoms with E-state index in [-0.39, 0.29) is 18.8 Å². The van der Waals surface area contributed by atoms with Gasteiger partial charge in [0.15, 0.2) is 16.7 Å². The smallest absolute Gasteiger partial charge is 0.338 e. The first-order valence-corrected chi connectivity index (χ1v) is 14.1. The van der Waals surface area contributed by atoms with Crippen molar-refractivity contribution in [2.75, 3.05) is 19.9 Å². The number of hydrogen-bond acceptors (Lipinski definition) is 8. The largest absolute Gasteiger partial charge is 0.463 e. The summed E-state index contributed by atoms with van der Waals surface area (Å²) in [4.78, 5) is 29.5. The van der Waals surface area contributed by atoms with Crippen LogP contribution < -0.4 is 9.47 Å². The van der Waals surface area contributed by atoms with Gasteiger partial charge in [0.1, 0.15) is 6.79 Å². The molecule has 1 unspecified atom stereocenters. The number of ether oxygens (including phenoxy) is 3. The minimum atomic E-state index is -0.353. The predicted octanol–water partition coefficient (Wildman–Crippen LogP) is 6.87. The monoisotopic (exact) mass is 564 g/mol. The molecule has 3 heterocycles. The number of aliphatic imine (C=N–C) groups is 1. The molecule has 3 aliphatic rings. The fraction of sp³-hybridized carbons (Fsp3) is 0.182. The van der Waals surface area contributed by atoms with Gasteiger partial charge in [0, 0.05) is 4.91 Å². The van der Waals surface area contributed by atoms with Crippen molar-refractivity contribution in [2.45, 2.75) is 19.9 Å². The third-order valence-corrected chi connectivity index (χ3v) is 8.38. The van der Waals surface area contributed by atoms with E-state index >= 15 is 0 Å². The summed E-state index contributed by atoms with van der Waals surface area (Å²) >= 11 is 1.66. The average Bonchev–Trinajstić information content (AvgIpc) is 3.63. The Morgan fingerprint density at radius 1 is 1.02 bits per heavy atom. The third kappa shape index (κ3) is 4.74. The summed E-state index contributed by atoms with van der Waals surface area (Å²) in [6.45, 7) is 6.82. The van der Waals surface area contributed by atoms with E-state index in [0.29, 0.717) is 35.9 Å². The van der Waals surface area contributed by atoms with Gasteiger partial charge in [-0.3, -0.25) is 0 Å². The standard InChI is InChI=1S/C32H26N2O4S.CH2O/c1-3-36-31(35)29-19(2)33-32-34(30(29)22-12-13-27-28(15-22)38-18-37-27)17-23(39-32)16-26-24-10-6-4-8-20(24)14-21-9-5-7-11-25(21)26;1-2/h4-16,30H,3,17-18H2,1-2H3;1H2/b23-16-;. The highest BCUT2D eigenvalue weighted by molar-refractivity contribution is 8.17. The Balaban J connectivity index is 0.00000148. The van der Waals surface area contributed by atoms with Gasteiger partial charge in [0.2, 0.25) is 6.79 Å². The van der Waals surface area contributed by atoms with Crippen LogP contribution in [-0.2, 0) is 14.3 Å². The summed E-state index contributed by atoms with van der Waals surface area (Å²) in [5.74, 6) is 1.05. The van der Waals surface area contributed by atoms with Gasteiger partial charge in [-0.1, -0.05) is 66.4 Å². The Morgan fingerprint density at radius 3 is 2.41 bits per heavy atom. The van der Waals surface area contributed by atoms with Crippen LogP contribution in [0.15, 0.2) is 94.0 Å². The number of esters is 1. The number of amidine groups is 1. The number of carbonyl (C=O) groups is 2. The van der Waals surface area contributed by atoms with Crippen molar-refractivity contribution in [1.29, 1.82) is 0 Å². The molecule has 41 heavy (non-hydrogen) atoms. The fourth-order valence-corrected chi connectivity index (χ4v) is 6.71. The Hall–Kier alpha value is -4.56. The Kier molecular flexibility index (Phi) is 7.24. The van der Waals surface area contributed by atoms with E-state index in [9.17, 15) is 4.79 Å². The van der Waals surface area contributed by atoms with Crippen molar-refractivity contribution in [2.24, 2.45) is 4.99 Å². The molecule has 0 aromatic heterocycles. The van der Waals surface area contributed by atoms with Crippen molar-refractivity contribution >= 4 is 57.3 Å². The van der Waals surface area contributed by atoms with Crippen molar-refractivity contribution in [3.05, 3.63) is 100 Å². The molecule has 0 spiro atoms. The summed E-state index contributed by atoms with van der Waals surface area (Å²) in [6, 6.07) is 24.8. The van der Waals surface area contributed by atoms with Crippen molar-refractivity contribution in [3.63, 3.8) is 0 Å². The zero-order chi connectivity index (χ0) is 28.5. The number of thioether (sulfide) groups is 1. The van der Waals surface area contributed by atoms with Crippen LogP contribution in [0, 0.1) is 0 Å². The average molecular weight is 565 g/mol. The molecule has 1 saturated heterocycles. The van der Waals surface area contributed by atoms with Crippen LogP contribution in [0.4, 0.5) is 0 Å². The highest BCUT2D eigenvalue weighted by Crippen LogP contribution is 2.47. The van der Waals surface area contributed by atoms with Crippen LogP contribution in [0.3, 0.4) is 0 Å². The highest BCUT2D eigenvalue weighted by atomic mass is 32.2. The molecule has 4 aromatic rings. The van der Waals surface area contributed by atoms with E-state index in [4.69, 9.17) is 24.0 Å². The molecule has 7 rings (SSSR count). The van der Waals surface area contributed by atoms with E-state index in [1.54, 1.807) is 11.8 Å². The molecule has 8 heteroatoms. The van der Waals surface area contributed by atoms with Crippen LogP contribution in [0.1, 0.15) is 31.0 Å². The first-order chi connectivity index (χ1) is 20.1. The summed E-state index contributed by atoms with van der Waals surface area (Å²) in [7, 11) is 0. The quantitative estimate of drug-likeness (QED) is 0.198. The Labute approximate surface area is 242 Å². The Bertz CT molecular complexity index is 1720. The maximum absolute atomic E-state index is 13.2. The Morgan fingerprint density at radius 2 is 1.71 bits per heavy atom. The van der Waals surface area contributed by atoms with Gasteiger partial charge in [-0.2, -0.15) is 0 Å². The molecule has 206 valence electrons. The summed E-state index contributed by atoms with van der Waals surface area (Å²) in [5.41, 5.74) is 3.36. The van der Waals surface area contributed by atoms with E-state index in [0.717, 1.165) is 10.7 Å². The molecule has 0 saturated carbocycles. The lowest BCUT2D eigenvalue weighted by Gasteiger charge is -2.34. The SMILES string of the molecule is C=O.CCOC(=O)C1=C(C)N=C2S/C(=C\c3c4ccccc4cc4ccccc34)CN2C1c1ccc2c(c1)OCO2. The van der Waals surface area contributed by atoms with E-state index in [1.807, 2.05) is 38.8 Å². The fourth-order valence-electron chi connectivity index (χ4n) is 5.63. The maximum atomic E-state index is 13.2. The number of nitrogens with zero attached hydrogens (tertiary/aromatic N) is 2. The number of fused-ring (bicyclic) bond motifs is 4. The molecule has 7 nitrogen and oxygen atoms in total. The minimum Gasteiger partial charge on any atom is -0.463 e. The topological polar surface area (TPSA) is 77.4 Å². The molecular weight excluding hydrogens is 536 g/mol. The number of allylic oxidation sites excluding steroid dienone is 1. The lowest BCUT2D eigenvalue weighted by molar-refractivity contribution is -0.139. The number of benzene rings is 4. The van der Waals surface area contributed by atoms with Crippen LogP contribution in [0.5, 0.6) is 11.5 Å². The number of hydrogen-bond donors (Lipinski definition) is 0. The van der Waals surface area contributed by atoms with Crippen LogP contribution in [-0.4, -0.2) is 42.8 Å². The van der Waals surface area contributed by atoms with E-state index < -0.39 is 0 Å². The lowest BCUT2D eigenvalue weighted by atomic mass is 9.94. The number of carbonyl (C=O) groups excluding carboxylic acids is 2. The van der Waals surface area contributed by atoms with Gasteiger partial charge >= 0.3 is 5.97 Å². The molecule has 0 amide bonds. The molecule has 1 atom stereocenters. The van der Waals surface area contributed by atoms with Crippen LogP contribution in [0.25, 0.3) is 27.6 Å². The minimum absolute atomic E-state index is 0.196. The molecule has 4 aromatic carbocycles. The van der Waals surface area contributed by atoms with Gasteiger partial charge in [-0.25, -0.2) is 9.79 Å². The molecular formula is C33H28N2O5S. The van der Waals surface area contributed by atoms with Crippen molar-refractivity contribution in [3.8, 4) is 11.5 Å². The molecule has 1 fully saturated rings. The molecule has 0 bridgehead atoms. The highest BCUT2D eigenvalue weighted by Gasteiger charge is 2.41. The van der Waals surface area contributed by atoms with Gasteiger partial charge in [-0.15, -0.1) is 0 Å². The second-order valence-corrected chi connectivity index (χ2v) is 10.8. The van der Waals surface area contributed by atoms with Gasteiger partial charge in [-0.05, 0) is 70.8 Å². The maximum Gasteiger partial charge on any atom is 0.338 e. The second kappa shape index (κ2) is 11.1. The molecule has 0 N–H and O–H groups in total. The summed E-state index contributed by atoms with van der Waals surface area (Å²) in [6.07, 6.45) is 2.28. The van der Waals surface area contributed by atoms with Gasteiger partial charge < -0.3 is 23.9 Å². The van der Waals surface area contributed by atoms with Crippen molar-refractivity contribution in [1.82, 2.24) is 4.90 Å². The zero-order valence-electron chi connectivity index (χ0n) is 22.8. The normalized spacial score (nSPS) is 18.3. The first-order valence-electron chi connectivity index (χ1n) is 13.3. The lowest BCUT2D eigenvalue weighted by Crippen LogP contribution is -2.36. The number of rotatable bonds is 4. The van der Waals surface area contributed by atoms with Crippen molar-refractivity contribution < 1.29 is 23.8 Å². The van der Waals surface area contributed by atoms with E-state index in [1.165, 1.54) is 32.0 Å². The van der Waals surface area contributed by atoms with Crippen LogP contribution >= 0.6 is 11.8 Å². The molecule has 0 aliphatic carbocycles. The van der Waals surface area contributed by atoms with E-state index in [2.05, 4.69) is 65.6 Å². The first kappa shape index (κ1) is 26.7. The van der Waals surface area contributed by atoms with Crippen LogP contribution in [0.2, 0.25) is 0 Å². The van der Waals surface area contributed by atoms with Gasteiger partial charge in [0.05, 0.1) is 30.5 Å². The zero-order valence-corrected chi connectivity index (χ0v) is 23.6. The molecule has 3 aliphatic heterocycles. The summed E-state index contributed by atoms with van der Waals surface area (Å²) in [5, 5.41) is 5.72. The third-order valence-electron chi connectivity index (χ3n) is 7.36. The predicted molar refractivity (Wildman–Crippen MR) is 163 cm³/mol.